The predicted molar refractivity (Wildman–Crippen MR) is 235 cm³/mol. The zero-order valence-corrected chi connectivity index (χ0v) is 30.5. The molecule has 0 fully saturated rings. The average molecular weight is 691 g/mol. The summed E-state index contributed by atoms with van der Waals surface area (Å²) in [6, 6.07) is 53.2. The quantitative estimate of drug-likeness (QED) is 0.139. The minimum absolute atomic E-state index is 0.332. The van der Waals surface area contributed by atoms with Crippen LogP contribution in [0.3, 0.4) is 0 Å². The van der Waals surface area contributed by atoms with Gasteiger partial charge in [0, 0.05) is 5.92 Å². The molecule has 54 heavy (non-hydrogen) atoms. The van der Waals surface area contributed by atoms with E-state index in [2.05, 4.69) is 189 Å². The van der Waals surface area contributed by atoms with Crippen LogP contribution in [0.25, 0.3) is 78.2 Å². The van der Waals surface area contributed by atoms with Gasteiger partial charge in [0.2, 0.25) is 0 Å². The third-order valence-electron chi connectivity index (χ3n) is 11.2. The van der Waals surface area contributed by atoms with Crippen molar-refractivity contribution < 1.29 is 0 Å². The molecule has 1 atom stereocenters. The maximum atomic E-state index is 4.28. The Hall–Kier alpha value is -6.50. The lowest BCUT2D eigenvalue weighted by Crippen LogP contribution is -2.08. The number of hydrogen-bond acceptors (Lipinski definition) is 0. The molecule has 0 radical (unpaired) electrons. The van der Waals surface area contributed by atoms with E-state index in [-0.39, 0.29) is 0 Å². The van der Waals surface area contributed by atoms with Crippen LogP contribution in [0.5, 0.6) is 0 Å². The van der Waals surface area contributed by atoms with Crippen molar-refractivity contribution in [3.8, 4) is 33.4 Å². The molecule has 0 bridgehead atoms. The second-order valence-corrected chi connectivity index (χ2v) is 14.4. The zero-order chi connectivity index (χ0) is 36.4. The molecule has 0 saturated carbocycles. The van der Waals surface area contributed by atoms with Gasteiger partial charge in [-0.05, 0) is 143 Å². The summed E-state index contributed by atoms with van der Waals surface area (Å²) in [5.41, 5.74) is 16.1. The summed E-state index contributed by atoms with van der Waals surface area (Å²) in [5.74, 6) is 0.332. The molecule has 2 aliphatic carbocycles. The van der Waals surface area contributed by atoms with Gasteiger partial charge in [0.25, 0.3) is 0 Å². The highest BCUT2D eigenvalue weighted by atomic mass is 14.3. The molecule has 0 heterocycles. The Morgan fingerprint density at radius 3 is 1.52 bits per heavy atom. The molecule has 0 aliphatic heterocycles. The molecule has 0 N–H and O–H groups in total. The van der Waals surface area contributed by atoms with Crippen molar-refractivity contribution in [2.45, 2.75) is 19.3 Å². The average Bonchev–Trinajstić information content (AvgIpc) is 3.26. The lowest BCUT2D eigenvalue weighted by Gasteiger charge is -2.25. The Morgan fingerprint density at radius 1 is 0.463 bits per heavy atom. The van der Waals surface area contributed by atoms with E-state index in [4.69, 9.17) is 0 Å². The van der Waals surface area contributed by atoms with Gasteiger partial charge in [-0.15, -0.1) is 0 Å². The van der Waals surface area contributed by atoms with E-state index < -0.39 is 0 Å². The molecule has 0 aromatic heterocycles. The lowest BCUT2D eigenvalue weighted by atomic mass is 9.79. The second-order valence-electron chi connectivity index (χ2n) is 14.4. The standard InChI is InChI=1S/C54H42/c1-3-49-50(4-2)52-28-26-42(48-33-45(39-21-13-7-14-22-39)30-46(34-48)40-23-15-8-16-24-40)36-54(52)53-35-41(25-27-51(49)53)47-31-43(37-17-9-5-10-18-37)29-44(32-47)38-19-11-6-12-20-38/h3-7,9-15,17-33,35-36,46H,1-2,8,16,34H2. The van der Waals surface area contributed by atoms with E-state index in [1.54, 1.807) is 0 Å². The highest BCUT2D eigenvalue weighted by molar-refractivity contribution is 6.16. The summed E-state index contributed by atoms with van der Waals surface area (Å²) < 4.78 is 0. The van der Waals surface area contributed by atoms with E-state index in [0.717, 1.165) is 30.4 Å². The summed E-state index contributed by atoms with van der Waals surface area (Å²) in [7, 11) is 0. The molecule has 0 spiro atoms. The minimum Gasteiger partial charge on any atom is -0.0984 e. The van der Waals surface area contributed by atoms with Crippen LogP contribution in [0.4, 0.5) is 0 Å². The molecular weight excluding hydrogens is 649 g/mol. The maximum absolute atomic E-state index is 4.28. The Balaban J connectivity index is 1.24. The molecule has 0 saturated heterocycles. The van der Waals surface area contributed by atoms with Crippen LogP contribution >= 0.6 is 0 Å². The van der Waals surface area contributed by atoms with Crippen molar-refractivity contribution in [2.75, 3.05) is 0 Å². The summed E-state index contributed by atoms with van der Waals surface area (Å²) in [6.07, 6.45) is 19.2. The Morgan fingerprint density at radius 2 is 0.981 bits per heavy atom. The van der Waals surface area contributed by atoms with Gasteiger partial charge in [-0.2, -0.15) is 0 Å². The van der Waals surface area contributed by atoms with Crippen molar-refractivity contribution >= 4 is 44.8 Å². The fourth-order valence-corrected chi connectivity index (χ4v) is 8.44. The van der Waals surface area contributed by atoms with E-state index in [1.807, 2.05) is 12.2 Å². The number of hydrogen-bond donors (Lipinski definition) is 0. The molecule has 0 amide bonds. The number of rotatable bonds is 8. The predicted octanol–water partition coefficient (Wildman–Crippen LogP) is 15.0. The topological polar surface area (TPSA) is 0 Å². The SMILES string of the molecule is C=Cc1c(C=C)c2ccc(-c3cc(-c4ccccc4)cc(-c4ccccc4)c3)cc2c2cc(C3=CC(c4ccccc4)=CC(C4=CCCC=C4)C3)ccc12. The van der Waals surface area contributed by atoms with Crippen molar-refractivity contribution in [3.63, 3.8) is 0 Å². The normalized spacial score (nSPS) is 15.4. The highest BCUT2D eigenvalue weighted by Gasteiger charge is 2.22. The maximum Gasteiger partial charge on any atom is 0.00645 e. The largest absolute Gasteiger partial charge is 0.0984 e. The monoisotopic (exact) mass is 690 g/mol. The van der Waals surface area contributed by atoms with Crippen molar-refractivity contribution in [1.29, 1.82) is 0 Å². The fourth-order valence-electron chi connectivity index (χ4n) is 8.44. The molecule has 9 rings (SSSR count). The number of fused-ring (bicyclic) bond motifs is 3. The fraction of sp³-hybridized carbons (Fsp3) is 0.0741. The second kappa shape index (κ2) is 14.5. The van der Waals surface area contributed by atoms with Crippen molar-refractivity contribution in [1.82, 2.24) is 0 Å². The molecule has 1 unspecified atom stereocenters. The Bertz CT molecular complexity index is 2620. The summed E-state index contributed by atoms with van der Waals surface area (Å²) >= 11 is 0. The third kappa shape index (κ3) is 6.31. The summed E-state index contributed by atoms with van der Waals surface area (Å²) in [4.78, 5) is 0. The van der Waals surface area contributed by atoms with Gasteiger partial charge in [-0.1, -0.05) is 171 Å². The molecule has 0 heteroatoms. The molecule has 7 aromatic rings. The van der Waals surface area contributed by atoms with Crippen LogP contribution in [-0.4, -0.2) is 0 Å². The van der Waals surface area contributed by atoms with E-state index in [9.17, 15) is 0 Å². The van der Waals surface area contributed by atoms with Gasteiger partial charge < -0.3 is 0 Å². The van der Waals surface area contributed by atoms with Gasteiger partial charge in [0.05, 0.1) is 0 Å². The summed E-state index contributed by atoms with van der Waals surface area (Å²) in [5, 5.41) is 4.84. The van der Waals surface area contributed by atoms with Crippen LogP contribution in [0.1, 0.15) is 41.5 Å². The Kier molecular flexibility index (Phi) is 8.95. The van der Waals surface area contributed by atoms with Gasteiger partial charge in [-0.3, -0.25) is 0 Å². The van der Waals surface area contributed by atoms with Gasteiger partial charge in [0.1, 0.15) is 0 Å². The van der Waals surface area contributed by atoms with Crippen LogP contribution < -0.4 is 0 Å². The highest BCUT2D eigenvalue weighted by Crippen LogP contribution is 2.43. The molecule has 0 nitrogen and oxygen atoms in total. The number of benzene rings is 7. The number of allylic oxidation sites excluding steroid dienone is 8. The summed E-state index contributed by atoms with van der Waals surface area (Å²) in [6.45, 7) is 8.55. The van der Waals surface area contributed by atoms with Crippen LogP contribution in [0.15, 0.2) is 195 Å². The third-order valence-corrected chi connectivity index (χ3v) is 11.2. The first kappa shape index (κ1) is 33.3. The first-order chi connectivity index (χ1) is 26.7. The lowest BCUT2D eigenvalue weighted by molar-refractivity contribution is 0.785. The van der Waals surface area contributed by atoms with Crippen LogP contribution in [0.2, 0.25) is 0 Å². The molecule has 258 valence electrons. The minimum atomic E-state index is 0.332. The molecule has 7 aromatic carbocycles. The van der Waals surface area contributed by atoms with Gasteiger partial charge >= 0.3 is 0 Å². The first-order valence-corrected chi connectivity index (χ1v) is 19.1. The van der Waals surface area contributed by atoms with E-state index in [1.165, 1.54) is 82.8 Å². The van der Waals surface area contributed by atoms with Gasteiger partial charge in [0.15, 0.2) is 0 Å². The van der Waals surface area contributed by atoms with Crippen molar-refractivity contribution in [3.05, 3.63) is 217 Å². The van der Waals surface area contributed by atoms with E-state index >= 15 is 0 Å². The molecule has 2 aliphatic rings. The van der Waals surface area contributed by atoms with Crippen LogP contribution in [0, 0.1) is 5.92 Å². The van der Waals surface area contributed by atoms with Gasteiger partial charge in [-0.25, -0.2) is 0 Å². The van der Waals surface area contributed by atoms with E-state index in [0.29, 0.717) is 5.92 Å². The smallest absolute Gasteiger partial charge is 0.00645 e. The first-order valence-electron chi connectivity index (χ1n) is 19.1. The molecular formula is C54H42. The zero-order valence-electron chi connectivity index (χ0n) is 30.5. The Labute approximate surface area is 319 Å². The van der Waals surface area contributed by atoms with Crippen LogP contribution in [-0.2, 0) is 0 Å². The van der Waals surface area contributed by atoms with Crippen molar-refractivity contribution in [2.24, 2.45) is 5.92 Å².